The topological polar surface area (TPSA) is 46.2 Å². The molecule has 0 saturated carbocycles. The molecule has 0 unspecified atom stereocenters. The highest BCUT2D eigenvalue weighted by Gasteiger charge is 2.28. The monoisotopic (exact) mass is 321 g/mol. The van der Waals surface area contributed by atoms with Crippen molar-refractivity contribution in [3.05, 3.63) is 60.2 Å². The summed E-state index contributed by atoms with van der Waals surface area (Å²) in [6, 6.07) is 16.6. The summed E-state index contributed by atoms with van der Waals surface area (Å²) in [6.45, 7) is 3.73. The minimum atomic E-state index is -3.58. The van der Waals surface area contributed by atoms with Gasteiger partial charge in [0.1, 0.15) is 0 Å². The van der Waals surface area contributed by atoms with Crippen molar-refractivity contribution in [1.29, 1.82) is 0 Å². The standard InChI is InChI=1S/C16H19NO2S2/c1-16(2,13-9-5-4-6-10-13)17-21(18,19)15-12-8-7-11-14(15)20-3/h4-12,17H,1-3H3. The highest BCUT2D eigenvalue weighted by molar-refractivity contribution is 7.99. The van der Waals surface area contributed by atoms with Gasteiger partial charge in [0.25, 0.3) is 0 Å². The Bertz CT molecular complexity index is 710. The molecule has 0 bridgehead atoms. The van der Waals surface area contributed by atoms with E-state index < -0.39 is 15.6 Å². The van der Waals surface area contributed by atoms with Crippen molar-refractivity contribution in [1.82, 2.24) is 4.72 Å². The van der Waals surface area contributed by atoms with E-state index in [4.69, 9.17) is 0 Å². The Balaban J connectivity index is 2.38. The van der Waals surface area contributed by atoms with Gasteiger partial charge in [-0.25, -0.2) is 13.1 Å². The Morgan fingerprint density at radius 1 is 0.952 bits per heavy atom. The number of rotatable bonds is 5. The Morgan fingerprint density at radius 2 is 1.52 bits per heavy atom. The minimum Gasteiger partial charge on any atom is -0.207 e. The molecular weight excluding hydrogens is 302 g/mol. The molecule has 5 heteroatoms. The number of benzene rings is 2. The molecule has 0 aliphatic rings. The zero-order valence-corrected chi connectivity index (χ0v) is 14.0. The zero-order valence-electron chi connectivity index (χ0n) is 12.3. The average molecular weight is 321 g/mol. The predicted molar refractivity (Wildman–Crippen MR) is 88.0 cm³/mol. The number of thioether (sulfide) groups is 1. The maximum Gasteiger partial charge on any atom is 0.242 e. The first-order valence-electron chi connectivity index (χ1n) is 6.59. The van der Waals surface area contributed by atoms with E-state index in [2.05, 4.69) is 4.72 Å². The van der Waals surface area contributed by atoms with Gasteiger partial charge < -0.3 is 0 Å². The maximum atomic E-state index is 12.7. The Kier molecular flexibility index (Phi) is 4.76. The van der Waals surface area contributed by atoms with E-state index in [-0.39, 0.29) is 0 Å². The van der Waals surface area contributed by atoms with Gasteiger partial charge in [0, 0.05) is 4.90 Å². The van der Waals surface area contributed by atoms with Crippen LogP contribution in [0.5, 0.6) is 0 Å². The van der Waals surface area contributed by atoms with Crippen LogP contribution in [0, 0.1) is 0 Å². The number of hydrogen-bond acceptors (Lipinski definition) is 3. The number of hydrogen-bond donors (Lipinski definition) is 1. The number of nitrogens with one attached hydrogen (secondary N) is 1. The van der Waals surface area contributed by atoms with E-state index in [0.717, 1.165) is 10.5 Å². The van der Waals surface area contributed by atoms with Gasteiger partial charge in [0.15, 0.2) is 0 Å². The molecular formula is C16H19NO2S2. The molecule has 2 aromatic carbocycles. The van der Waals surface area contributed by atoms with Crippen molar-refractivity contribution < 1.29 is 8.42 Å². The molecule has 0 aliphatic carbocycles. The van der Waals surface area contributed by atoms with Gasteiger partial charge in [0.2, 0.25) is 10.0 Å². The van der Waals surface area contributed by atoms with Crippen molar-refractivity contribution in [2.24, 2.45) is 0 Å². The fourth-order valence-corrected chi connectivity index (χ4v) is 4.70. The van der Waals surface area contributed by atoms with E-state index in [9.17, 15) is 8.42 Å². The Hall–Kier alpha value is -1.30. The van der Waals surface area contributed by atoms with Gasteiger partial charge in [0.05, 0.1) is 10.4 Å². The van der Waals surface area contributed by atoms with Gasteiger partial charge in [-0.2, -0.15) is 0 Å². The minimum absolute atomic E-state index is 0.321. The molecule has 112 valence electrons. The molecule has 0 radical (unpaired) electrons. The highest BCUT2D eigenvalue weighted by Crippen LogP contribution is 2.27. The molecule has 0 fully saturated rings. The smallest absolute Gasteiger partial charge is 0.207 e. The quantitative estimate of drug-likeness (QED) is 0.856. The molecule has 0 saturated heterocycles. The largest absolute Gasteiger partial charge is 0.242 e. The summed E-state index contributed by atoms with van der Waals surface area (Å²) >= 11 is 1.42. The second-order valence-corrected chi connectivity index (χ2v) is 7.75. The third-order valence-electron chi connectivity index (χ3n) is 3.24. The molecule has 0 aromatic heterocycles. The summed E-state index contributed by atoms with van der Waals surface area (Å²) in [5, 5.41) is 0. The van der Waals surface area contributed by atoms with Crippen LogP contribution < -0.4 is 4.72 Å². The third kappa shape index (κ3) is 3.67. The van der Waals surface area contributed by atoms with E-state index in [1.807, 2.05) is 62.6 Å². The van der Waals surface area contributed by atoms with Crippen LogP contribution >= 0.6 is 11.8 Å². The van der Waals surface area contributed by atoms with E-state index in [1.54, 1.807) is 12.1 Å². The molecule has 2 aromatic rings. The van der Waals surface area contributed by atoms with Crippen molar-refractivity contribution in [2.75, 3.05) is 6.26 Å². The summed E-state index contributed by atoms with van der Waals surface area (Å²) in [4.78, 5) is 1.07. The highest BCUT2D eigenvalue weighted by atomic mass is 32.2. The third-order valence-corrected chi connectivity index (χ3v) is 5.88. The second kappa shape index (κ2) is 6.22. The molecule has 3 nitrogen and oxygen atoms in total. The molecule has 0 heterocycles. The molecule has 0 amide bonds. The van der Waals surface area contributed by atoms with Crippen LogP contribution in [0.4, 0.5) is 0 Å². The van der Waals surface area contributed by atoms with E-state index in [1.165, 1.54) is 11.8 Å². The number of sulfonamides is 1. The van der Waals surface area contributed by atoms with Crippen LogP contribution in [0.25, 0.3) is 0 Å². The molecule has 0 atom stereocenters. The van der Waals surface area contributed by atoms with Crippen molar-refractivity contribution in [2.45, 2.75) is 29.2 Å². The summed E-state index contributed by atoms with van der Waals surface area (Å²) in [7, 11) is -3.58. The fraction of sp³-hybridized carbons (Fsp3) is 0.250. The Labute approximate surface area is 130 Å². The lowest BCUT2D eigenvalue weighted by Crippen LogP contribution is -2.41. The van der Waals surface area contributed by atoms with Gasteiger partial charge in [-0.15, -0.1) is 11.8 Å². The summed E-state index contributed by atoms with van der Waals surface area (Å²) in [6.07, 6.45) is 1.87. The van der Waals surface area contributed by atoms with Crippen LogP contribution in [-0.2, 0) is 15.6 Å². The lowest BCUT2D eigenvalue weighted by molar-refractivity contribution is 0.471. The van der Waals surface area contributed by atoms with Gasteiger partial charge in [-0.05, 0) is 37.8 Å². The van der Waals surface area contributed by atoms with Crippen molar-refractivity contribution in [3.63, 3.8) is 0 Å². The molecule has 21 heavy (non-hydrogen) atoms. The fourth-order valence-electron chi connectivity index (χ4n) is 2.15. The van der Waals surface area contributed by atoms with Gasteiger partial charge >= 0.3 is 0 Å². The Morgan fingerprint density at radius 3 is 2.14 bits per heavy atom. The van der Waals surface area contributed by atoms with Crippen LogP contribution in [0.15, 0.2) is 64.4 Å². The van der Waals surface area contributed by atoms with Crippen molar-refractivity contribution >= 4 is 21.8 Å². The average Bonchev–Trinajstić information content (AvgIpc) is 2.47. The van der Waals surface area contributed by atoms with Crippen molar-refractivity contribution in [3.8, 4) is 0 Å². The summed E-state index contributed by atoms with van der Waals surface area (Å²) < 4.78 is 28.2. The molecule has 2 rings (SSSR count). The van der Waals surface area contributed by atoms with Crippen LogP contribution in [-0.4, -0.2) is 14.7 Å². The molecule has 1 N–H and O–H groups in total. The summed E-state index contributed by atoms with van der Waals surface area (Å²) in [5.41, 5.74) is 0.251. The summed E-state index contributed by atoms with van der Waals surface area (Å²) in [5.74, 6) is 0. The van der Waals surface area contributed by atoms with Crippen LogP contribution in [0.2, 0.25) is 0 Å². The maximum absolute atomic E-state index is 12.7. The lowest BCUT2D eigenvalue weighted by atomic mass is 9.96. The second-order valence-electron chi connectivity index (χ2n) is 5.25. The molecule has 0 spiro atoms. The first kappa shape index (κ1) is 16.1. The van der Waals surface area contributed by atoms with Crippen LogP contribution in [0.1, 0.15) is 19.4 Å². The molecule has 0 aliphatic heterocycles. The predicted octanol–water partition coefficient (Wildman–Crippen LogP) is 3.62. The SMILES string of the molecule is CSc1ccccc1S(=O)(=O)NC(C)(C)c1ccccc1. The van der Waals surface area contributed by atoms with Crippen LogP contribution in [0.3, 0.4) is 0 Å². The van der Waals surface area contributed by atoms with Gasteiger partial charge in [-0.1, -0.05) is 42.5 Å². The lowest BCUT2D eigenvalue weighted by Gasteiger charge is -2.27. The van der Waals surface area contributed by atoms with E-state index >= 15 is 0 Å². The normalized spacial score (nSPS) is 12.3. The first-order valence-corrected chi connectivity index (χ1v) is 9.30. The van der Waals surface area contributed by atoms with E-state index in [0.29, 0.717) is 4.90 Å². The van der Waals surface area contributed by atoms with Gasteiger partial charge in [-0.3, -0.25) is 0 Å². The first-order chi connectivity index (χ1) is 9.87. The zero-order chi connectivity index (χ0) is 15.5.